The summed E-state index contributed by atoms with van der Waals surface area (Å²) in [6, 6.07) is 2.05. The van der Waals surface area contributed by atoms with Crippen molar-refractivity contribution in [2.45, 2.75) is 13.3 Å². The zero-order valence-electron chi connectivity index (χ0n) is 11.2. The van der Waals surface area contributed by atoms with E-state index in [4.69, 9.17) is 4.74 Å². The summed E-state index contributed by atoms with van der Waals surface area (Å²) in [6.45, 7) is 6.32. The van der Waals surface area contributed by atoms with Crippen molar-refractivity contribution in [2.24, 2.45) is 0 Å². The SMILES string of the molecule is C/C=C/Oc1cncc(N2CCCN(C)CC2)c1. The number of rotatable bonds is 3. The Bertz CT molecular complexity index is 406. The first-order valence-corrected chi connectivity index (χ1v) is 6.46. The lowest BCUT2D eigenvalue weighted by Crippen LogP contribution is -2.28. The van der Waals surface area contributed by atoms with E-state index in [1.54, 1.807) is 12.5 Å². The highest BCUT2D eigenvalue weighted by Gasteiger charge is 2.13. The highest BCUT2D eigenvalue weighted by molar-refractivity contribution is 5.48. The third-order valence-corrected chi connectivity index (χ3v) is 3.12. The van der Waals surface area contributed by atoms with Crippen molar-refractivity contribution in [3.8, 4) is 5.75 Å². The van der Waals surface area contributed by atoms with Crippen molar-refractivity contribution >= 4 is 5.69 Å². The third kappa shape index (κ3) is 3.47. The van der Waals surface area contributed by atoms with Gasteiger partial charge in [0.1, 0.15) is 5.75 Å². The Labute approximate surface area is 109 Å². The molecule has 18 heavy (non-hydrogen) atoms. The van der Waals surface area contributed by atoms with Crippen LogP contribution >= 0.6 is 0 Å². The number of anilines is 1. The number of hydrogen-bond acceptors (Lipinski definition) is 4. The van der Waals surface area contributed by atoms with Gasteiger partial charge < -0.3 is 14.5 Å². The van der Waals surface area contributed by atoms with E-state index < -0.39 is 0 Å². The van der Waals surface area contributed by atoms with Crippen LogP contribution in [0.2, 0.25) is 0 Å². The van der Waals surface area contributed by atoms with Crippen LogP contribution in [-0.4, -0.2) is 43.1 Å². The smallest absolute Gasteiger partial charge is 0.146 e. The first kappa shape index (κ1) is 12.9. The van der Waals surface area contributed by atoms with E-state index in [9.17, 15) is 0 Å². The maximum absolute atomic E-state index is 5.46. The van der Waals surface area contributed by atoms with Crippen LogP contribution in [0, 0.1) is 0 Å². The largest absolute Gasteiger partial charge is 0.464 e. The molecule has 98 valence electrons. The van der Waals surface area contributed by atoms with Gasteiger partial charge in [0.25, 0.3) is 0 Å². The molecule has 0 aliphatic carbocycles. The average molecular weight is 247 g/mol. The quantitative estimate of drug-likeness (QED) is 0.765. The molecule has 0 radical (unpaired) electrons. The summed E-state index contributed by atoms with van der Waals surface area (Å²) in [7, 11) is 2.17. The van der Waals surface area contributed by atoms with Crippen molar-refractivity contribution in [3.63, 3.8) is 0 Å². The van der Waals surface area contributed by atoms with E-state index >= 15 is 0 Å². The highest BCUT2D eigenvalue weighted by atomic mass is 16.5. The predicted octanol–water partition coefficient (Wildman–Crippen LogP) is 2.14. The molecule has 0 N–H and O–H groups in total. The van der Waals surface area contributed by atoms with Gasteiger partial charge in [-0.25, -0.2) is 0 Å². The molecule has 0 atom stereocenters. The Morgan fingerprint density at radius 3 is 2.94 bits per heavy atom. The van der Waals surface area contributed by atoms with Crippen LogP contribution in [0.15, 0.2) is 30.8 Å². The van der Waals surface area contributed by atoms with Gasteiger partial charge in [-0.2, -0.15) is 0 Å². The molecule has 1 saturated heterocycles. The lowest BCUT2D eigenvalue weighted by molar-refractivity contribution is 0.360. The fraction of sp³-hybridized carbons (Fsp3) is 0.500. The van der Waals surface area contributed by atoms with E-state index in [1.165, 1.54) is 13.0 Å². The van der Waals surface area contributed by atoms with Crippen LogP contribution in [0.5, 0.6) is 5.75 Å². The Morgan fingerprint density at radius 1 is 1.22 bits per heavy atom. The van der Waals surface area contributed by atoms with Gasteiger partial charge in [0.2, 0.25) is 0 Å². The monoisotopic (exact) mass is 247 g/mol. The highest BCUT2D eigenvalue weighted by Crippen LogP contribution is 2.20. The van der Waals surface area contributed by atoms with E-state index in [2.05, 4.69) is 27.9 Å². The standard InChI is InChI=1S/C14H21N3O/c1-3-9-18-14-10-13(11-15-12-14)17-6-4-5-16(2)7-8-17/h3,9-12H,4-8H2,1-2H3/b9-3+. The van der Waals surface area contributed by atoms with Gasteiger partial charge in [0, 0.05) is 25.7 Å². The number of allylic oxidation sites excluding steroid dienone is 1. The normalized spacial score (nSPS) is 18.0. The molecule has 1 aliphatic rings. The minimum absolute atomic E-state index is 0.795. The first-order chi connectivity index (χ1) is 8.79. The lowest BCUT2D eigenvalue weighted by Gasteiger charge is -2.22. The second-order valence-corrected chi connectivity index (χ2v) is 4.61. The molecule has 2 heterocycles. The summed E-state index contributed by atoms with van der Waals surface area (Å²) in [5.74, 6) is 0.795. The van der Waals surface area contributed by atoms with Crippen LogP contribution in [-0.2, 0) is 0 Å². The summed E-state index contributed by atoms with van der Waals surface area (Å²) in [5.41, 5.74) is 1.15. The topological polar surface area (TPSA) is 28.6 Å². The van der Waals surface area contributed by atoms with E-state index in [0.29, 0.717) is 0 Å². The first-order valence-electron chi connectivity index (χ1n) is 6.46. The molecule has 4 heteroatoms. The van der Waals surface area contributed by atoms with Gasteiger partial charge in [-0.05, 0) is 26.9 Å². The number of hydrogen-bond donors (Lipinski definition) is 0. The van der Waals surface area contributed by atoms with Gasteiger partial charge in [0.15, 0.2) is 0 Å². The molecule has 2 rings (SSSR count). The Balaban J connectivity index is 2.07. The molecule has 1 aliphatic heterocycles. The van der Waals surface area contributed by atoms with E-state index in [0.717, 1.165) is 31.1 Å². The van der Waals surface area contributed by atoms with Gasteiger partial charge >= 0.3 is 0 Å². The summed E-state index contributed by atoms with van der Waals surface area (Å²) < 4.78 is 5.46. The average Bonchev–Trinajstić information content (AvgIpc) is 2.61. The molecular formula is C14H21N3O. The molecule has 1 aromatic rings. The maximum atomic E-state index is 5.46. The number of pyridine rings is 1. The second kappa shape index (κ2) is 6.40. The molecule has 0 amide bonds. The van der Waals surface area contributed by atoms with Crippen molar-refractivity contribution in [2.75, 3.05) is 38.1 Å². The van der Waals surface area contributed by atoms with E-state index in [-0.39, 0.29) is 0 Å². The fourth-order valence-electron chi connectivity index (χ4n) is 2.10. The summed E-state index contributed by atoms with van der Waals surface area (Å²) in [5, 5.41) is 0. The summed E-state index contributed by atoms with van der Waals surface area (Å²) in [6.07, 6.45) is 8.39. The van der Waals surface area contributed by atoms with Gasteiger partial charge in [0.05, 0.1) is 24.3 Å². The molecule has 0 saturated carbocycles. The zero-order chi connectivity index (χ0) is 12.8. The van der Waals surface area contributed by atoms with Crippen LogP contribution in [0.4, 0.5) is 5.69 Å². The molecule has 4 nitrogen and oxygen atoms in total. The van der Waals surface area contributed by atoms with Crippen molar-refractivity contribution in [1.29, 1.82) is 0 Å². The Morgan fingerprint density at radius 2 is 2.11 bits per heavy atom. The lowest BCUT2D eigenvalue weighted by atomic mass is 10.3. The predicted molar refractivity (Wildman–Crippen MR) is 74.0 cm³/mol. The third-order valence-electron chi connectivity index (χ3n) is 3.12. The number of nitrogens with zero attached hydrogens (tertiary/aromatic N) is 3. The molecule has 1 aromatic heterocycles. The minimum Gasteiger partial charge on any atom is -0.464 e. The Kier molecular flexibility index (Phi) is 4.59. The van der Waals surface area contributed by atoms with Gasteiger partial charge in [-0.15, -0.1) is 0 Å². The fourth-order valence-corrected chi connectivity index (χ4v) is 2.10. The Hall–Kier alpha value is -1.55. The number of aromatic nitrogens is 1. The molecule has 0 bridgehead atoms. The molecule has 0 spiro atoms. The van der Waals surface area contributed by atoms with E-state index in [1.807, 2.05) is 19.2 Å². The molecular weight excluding hydrogens is 226 g/mol. The maximum Gasteiger partial charge on any atom is 0.146 e. The van der Waals surface area contributed by atoms with Crippen LogP contribution < -0.4 is 9.64 Å². The van der Waals surface area contributed by atoms with Crippen molar-refractivity contribution in [3.05, 3.63) is 30.8 Å². The minimum atomic E-state index is 0.795. The number of ether oxygens (including phenoxy) is 1. The second-order valence-electron chi connectivity index (χ2n) is 4.61. The van der Waals surface area contributed by atoms with Crippen LogP contribution in [0.1, 0.15) is 13.3 Å². The summed E-state index contributed by atoms with van der Waals surface area (Å²) >= 11 is 0. The van der Waals surface area contributed by atoms with Crippen LogP contribution in [0.3, 0.4) is 0 Å². The van der Waals surface area contributed by atoms with Crippen molar-refractivity contribution < 1.29 is 4.74 Å². The molecule has 0 unspecified atom stereocenters. The summed E-state index contributed by atoms with van der Waals surface area (Å²) in [4.78, 5) is 8.99. The zero-order valence-corrected chi connectivity index (χ0v) is 11.2. The van der Waals surface area contributed by atoms with Gasteiger partial charge in [-0.1, -0.05) is 6.08 Å². The van der Waals surface area contributed by atoms with Crippen LogP contribution in [0.25, 0.3) is 0 Å². The molecule has 1 fully saturated rings. The number of likely N-dealkylation sites (N-methyl/N-ethyl adjacent to an activating group) is 1. The van der Waals surface area contributed by atoms with Crippen molar-refractivity contribution in [1.82, 2.24) is 9.88 Å². The van der Waals surface area contributed by atoms with Gasteiger partial charge in [-0.3, -0.25) is 4.98 Å². The molecule has 0 aromatic carbocycles.